The zero-order valence-corrected chi connectivity index (χ0v) is 10.2. The Morgan fingerprint density at radius 3 is 1.82 bits per heavy atom. The van der Waals surface area contributed by atoms with Crippen LogP contribution in [0.25, 0.3) is 0 Å². The van der Waals surface area contributed by atoms with Crippen molar-refractivity contribution < 1.29 is 15.3 Å². The van der Waals surface area contributed by atoms with Crippen molar-refractivity contribution in [2.75, 3.05) is 6.61 Å². The summed E-state index contributed by atoms with van der Waals surface area (Å²) in [5.41, 5.74) is 0.984. The number of aliphatic hydroxyl groups is 1. The van der Waals surface area contributed by atoms with Gasteiger partial charge in [0.05, 0.1) is 0 Å². The molecule has 0 saturated heterocycles. The summed E-state index contributed by atoms with van der Waals surface area (Å²) in [6.45, 7) is 0.294. The number of phenols is 2. The van der Waals surface area contributed by atoms with Crippen LogP contribution in [0, 0.1) is 0 Å². The van der Waals surface area contributed by atoms with Gasteiger partial charge in [-0.15, -0.1) is 0 Å². The monoisotopic (exact) mass is 238 g/mol. The molecule has 3 N–H and O–H groups in total. The van der Waals surface area contributed by atoms with Gasteiger partial charge in [-0.05, 0) is 37.0 Å². The molecule has 0 atom stereocenters. The summed E-state index contributed by atoms with van der Waals surface area (Å²) in [4.78, 5) is 0. The van der Waals surface area contributed by atoms with Gasteiger partial charge < -0.3 is 15.3 Å². The molecule has 0 unspecified atom stereocenters. The third-order valence-electron chi connectivity index (χ3n) is 2.84. The normalized spacial score (nSPS) is 10.6. The lowest BCUT2D eigenvalue weighted by Crippen LogP contribution is -1.87. The maximum atomic E-state index is 9.31. The van der Waals surface area contributed by atoms with E-state index in [2.05, 4.69) is 0 Å². The third-order valence-corrected chi connectivity index (χ3v) is 2.84. The molecule has 0 aliphatic carbocycles. The van der Waals surface area contributed by atoms with Crippen LogP contribution in [0.4, 0.5) is 0 Å². The van der Waals surface area contributed by atoms with Crippen LogP contribution < -0.4 is 0 Å². The Morgan fingerprint density at radius 1 is 0.706 bits per heavy atom. The molecule has 3 nitrogen and oxygen atoms in total. The van der Waals surface area contributed by atoms with Gasteiger partial charge in [0, 0.05) is 12.7 Å². The quantitative estimate of drug-likeness (QED) is 0.610. The van der Waals surface area contributed by atoms with E-state index in [4.69, 9.17) is 5.11 Å². The van der Waals surface area contributed by atoms with Crippen LogP contribution in [0.2, 0.25) is 0 Å². The summed E-state index contributed by atoms with van der Waals surface area (Å²) >= 11 is 0. The first-order valence-electron chi connectivity index (χ1n) is 6.35. The van der Waals surface area contributed by atoms with Crippen LogP contribution in [0.3, 0.4) is 0 Å². The maximum Gasteiger partial charge on any atom is 0.119 e. The average Bonchev–Trinajstić information content (AvgIpc) is 2.26. The zero-order chi connectivity index (χ0) is 12.5. The van der Waals surface area contributed by atoms with Crippen molar-refractivity contribution >= 4 is 0 Å². The molecule has 1 aromatic rings. The highest BCUT2D eigenvalue weighted by Crippen LogP contribution is 2.21. The molecule has 3 heteroatoms. The summed E-state index contributed by atoms with van der Waals surface area (Å²) < 4.78 is 0. The number of unbranched alkanes of at least 4 members (excludes halogenated alkanes) is 5. The largest absolute Gasteiger partial charge is 0.508 e. The highest BCUT2D eigenvalue weighted by Gasteiger charge is 1.99. The van der Waals surface area contributed by atoms with Crippen LogP contribution in [0.1, 0.15) is 44.1 Å². The summed E-state index contributed by atoms with van der Waals surface area (Å²) in [6.07, 6.45) is 7.48. The Bertz CT molecular complexity index is 303. The van der Waals surface area contributed by atoms with Gasteiger partial charge in [0.2, 0.25) is 0 Å². The molecule has 0 aliphatic heterocycles. The minimum Gasteiger partial charge on any atom is -0.508 e. The third kappa shape index (κ3) is 6.17. The van der Waals surface area contributed by atoms with Gasteiger partial charge in [-0.25, -0.2) is 0 Å². The minimum atomic E-state index is 0.128. The highest BCUT2D eigenvalue weighted by molar-refractivity contribution is 5.36. The van der Waals surface area contributed by atoms with E-state index in [0.717, 1.165) is 37.7 Å². The van der Waals surface area contributed by atoms with Crippen LogP contribution in [-0.2, 0) is 6.42 Å². The molecule has 0 saturated carbocycles. The standard InChI is InChI=1S/C14H22O3/c15-8-6-4-2-1-3-5-7-12-9-13(16)11-14(17)10-12/h9-11,15-17H,1-8H2. The van der Waals surface area contributed by atoms with E-state index in [1.165, 1.54) is 18.9 Å². The fraction of sp³-hybridized carbons (Fsp3) is 0.571. The van der Waals surface area contributed by atoms with E-state index < -0.39 is 0 Å². The highest BCUT2D eigenvalue weighted by atomic mass is 16.3. The fourth-order valence-electron chi connectivity index (χ4n) is 1.95. The molecule has 1 rings (SSSR count). The average molecular weight is 238 g/mol. The van der Waals surface area contributed by atoms with E-state index in [-0.39, 0.29) is 11.5 Å². The molecule has 0 heterocycles. The first-order valence-corrected chi connectivity index (χ1v) is 6.35. The molecule has 0 amide bonds. The Morgan fingerprint density at radius 2 is 1.24 bits per heavy atom. The topological polar surface area (TPSA) is 60.7 Å². The molecule has 0 aliphatic rings. The Hall–Kier alpha value is -1.22. The molecule has 0 aromatic heterocycles. The number of aryl methyl sites for hydroxylation is 1. The van der Waals surface area contributed by atoms with Crippen molar-refractivity contribution in [3.8, 4) is 11.5 Å². The molecule has 1 aromatic carbocycles. The maximum absolute atomic E-state index is 9.31. The smallest absolute Gasteiger partial charge is 0.119 e. The molecule has 0 bridgehead atoms. The van der Waals surface area contributed by atoms with E-state index >= 15 is 0 Å². The fourth-order valence-corrected chi connectivity index (χ4v) is 1.95. The molecule has 96 valence electrons. The number of hydrogen-bond donors (Lipinski definition) is 3. The second-order valence-corrected chi connectivity index (χ2v) is 4.45. The minimum absolute atomic E-state index is 0.128. The van der Waals surface area contributed by atoms with Crippen LogP contribution in [-0.4, -0.2) is 21.9 Å². The molecule has 17 heavy (non-hydrogen) atoms. The van der Waals surface area contributed by atoms with Crippen molar-refractivity contribution in [1.82, 2.24) is 0 Å². The van der Waals surface area contributed by atoms with E-state index in [1.807, 2.05) is 0 Å². The van der Waals surface area contributed by atoms with Gasteiger partial charge in [-0.3, -0.25) is 0 Å². The number of benzene rings is 1. The van der Waals surface area contributed by atoms with E-state index in [1.54, 1.807) is 12.1 Å². The van der Waals surface area contributed by atoms with Gasteiger partial charge in [0.15, 0.2) is 0 Å². The Labute approximate surface area is 103 Å². The van der Waals surface area contributed by atoms with E-state index in [9.17, 15) is 10.2 Å². The van der Waals surface area contributed by atoms with Crippen LogP contribution >= 0.6 is 0 Å². The van der Waals surface area contributed by atoms with Crippen molar-refractivity contribution in [3.63, 3.8) is 0 Å². The summed E-state index contributed by atoms with van der Waals surface area (Å²) in [6, 6.07) is 4.75. The number of aromatic hydroxyl groups is 2. The first-order chi connectivity index (χ1) is 8.22. The summed E-state index contributed by atoms with van der Waals surface area (Å²) in [5, 5.41) is 27.2. The van der Waals surface area contributed by atoms with Gasteiger partial charge >= 0.3 is 0 Å². The molecular weight excluding hydrogens is 216 g/mol. The number of hydrogen-bond acceptors (Lipinski definition) is 3. The number of aliphatic hydroxyl groups excluding tert-OH is 1. The summed E-state index contributed by atoms with van der Waals surface area (Å²) in [5.74, 6) is 0.255. The lowest BCUT2D eigenvalue weighted by Gasteiger charge is -2.04. The molecule has 0 spiro atoms. The van der Waals surface area contributed by atoms with Crippen molar-refractivity contribution in [2.45, 2.75) is 44.9 Å². The van der Waals surface area contributed by atoms with Gasteiger partial charge in [-0.2, -0.15) is 0 Å². The zero-order valence-electron chi connectivity index (χ0n) is 10.2. The number of rotatable bonds is 8. The second-order valence-electron chi connectivity index (χ2n) is 4.45. The van der Waals surface area contributed by atoms with Crippen LogP contribution in [0.5, 0.6) is 11.5 Å². The lowest BCUT2D eigenvalue weighted by molar-refractivity contribution is 0.282. The Balaban J connectivity index is 2.13. The first kappa shape index (κ1) is 13.8. The Kier molecular flexibility index (Phi) is 6.48. The van der Waals surface area contributed by atoms with Crippen molar-refractivity contribution in [1.29, 1.82) is 0 Å². The summed E-state index contributed by atoms with van der Waals surface area (Å²) in [7, 11) is 0. The van der Waals surface area contributed by atoms with Gasteiger partial charge in [0.25, 0.3) is 0 Å². The lowest BCUT2D eigenvalue weighted by atomic mass is 10.0. The second kappa shape index (κ2) is 7.96. The van der Waals surface area contributed by atoms with E-state index in [0.29, 0.717) is 6.61 Å². The van der Waals surface area contributed by atoms with Crippen molar-refractivity contribution in [2.24, 2.45) is 0 Å². The number of phenolic OH excluding ortho intramolecular Hbond substituents is 2. The van der Waals surface area contributed by atoms with Crippen molar-refractivity contribution in [3.05, 3.63) is 23.8 Å². The van der Waals surface area contributed by atoms with Crippen LogP contribution in [0.15, 0.2) is 18.2 Å². The predicted molar refractivity (Wildman–Crippen MR) is 68.3 cm³/mol. The SMILES string of the molecule is OCCCCCCCCc1cc(O)cc(O)c1. The molecule has 0 radical (unpaired) electrons. The predicted octanol–water partition coefficient (Wildman–Crippen LogP) is 2.97. The molecule has 0 fully saturated rings. The van der Waals surface area contributed by atoms with Gasteiger partial charge in [0.1, 0.15) is 11.5 Å². The van der Waals surface area contributed by atoms with Gasteiger partial charge in [-0.1, -0.05) is 25.7 Å². The molecular formula is C14H22O3.